The number of para-hydroxylation sites is 3. The Morgan fingerprint density at radius 1 is 1.17 bits per heavy atom. The molecule has 0 saturated carbocycles. The maximum absolute atomic E-state index is 12.8. The number of nitrogens with zero attached hydrogens (tertiary/aromatic N) is 4. The number of benzene rings is 2. The molecule has 2 aromatic heterocycles. The van der Waals surface area contributed by atoms with Crippen molar-refractivity contribution in [2.45, 2.75) is 23.8 Å². The zero-order valence-corrected chi connectivity index (χ0v) is 17.2. The van der Waals surface area contributed by atoms with Crippen LogP contribution in [0.4, 0.5) is 5.69 Å². The summed E-state index contributed by atoms with van der Waals surface area (Å²) in [4.78, 5) is 17.5. The topological polar surface area (TPSA) is 81.9 Å². The van der Waals surface area contributed by atoms with E-state index in [1.807, 2.05) is 67.1 Å². The summed E-state index contributed by atoms with van der Waals surface area (Å²) >= 11 is 1.31. The number of methoxy groups -OCH3 is 1. The number of aromatic nitrogens is 4. The summed E-state index contributed by atoms with van der Waals surface area (Å²) in [6, 6.07) is 15.3. The van der Waals surface area contributed by atoms with Crippen LogP contribution in [0.3, 0.4) is 0 Å². The fraction of sp³-hybridized carbons (Fsp3) is 0.238. The molecule has 0 aliphatic rings. The van der Waals surface area contributed by atoms with E-state index in [4.69, 9.17) is 4.74 Å². The fourth-order valence-corrected chi connectivity index (χ4v) is 4.07. The number of thioether (sulfide) groups is 1. The van der Waals surface area contributed by atoms with Crippen molar-refractivity contribution in [1.82, 2.24) is 19.7 Å². The van der Waals surface area contributed by atoms with Crippen molar-refractivity contribution < 1.29 is 9.53 Å². The van der Waals surface area contributed by atoms with Crippen molar-refractivity contribution in [2.24, 2.45) is 7.05 Å². The second-order valence-corrected chi connectivity index (χ2v) is 7.72. The molecule has 1 atom stereocenters. The maximum Gasteiger partial charge on any atom is 0.238 e. The van der Waals surface area contributed by atoms with Crippen LogP contribution in [0.5, 0.6) is 5.75 Å². The summed E-state index contributed by atoms with van der Waals surface area (Å²) in [7, 11) is 3.54. The molecule has 0 radical (unpaired) electrons. The van der Waals surface area contributed by atoms with Crippen LogP contribution in [0.25, 0.3) is 22.1 Å². The summed E-state index contributed by atoms with van der Waals surface area (Å²) in [6.07, 6.45) is 0.627. The van der Waals surface area contributed by atoms with Gasteiger partial charge in [0.1, 0.15) is 11.3 Å². The Hall–Kier alpha value is -3.13. The van der Waals surface area contributed by atoms with Crippen LogP contribution < -0.4 is 10.1 Å². The molecular weight excluding hydrogens is 386 g/mol. The highest BCUT2D eigenvalue weighted by Gasteiger charge is 2.22. The van der Waals surface area contributed by atoms with Crippen LogP contribution in [-0.2, 0) is 11.8 Å². The van der Waals surface area contributed by atoms with E-state index in [-0.39, 0.29) is 11.2 Å². The lowest BCUT2D eigenvalue weighted by Gasteiger charge is -2.15. The van der Waals surface area contributed by atoms with Crippen LogP contribution >= 0.6 is 11.8 Å². The van der Waals surface area contributed by atoms with Crippen LogP contribution in [0.15, 0.2) is 53.7 Å². The standard InChI is InChI=1S/C21H21N5O2S/c1-4-17(20(27)22-14-10-6-8-12-16(14)28-3)29-21-23-19-18(24-25-21)13-9-5-7-11-15(13)26(19)2/h5-12,17H,4H2,1-3H3,(H,22,27)/t17-/m1/s1. The van der Waals surface area contributed by atoms with Crippen molar-refractivity contribution in [1.29, 1.82) is 0 Å². The number of hydrogen-bond acceptors (Lipinski definition) is 6. The summed E-state index contributed by atoms with van der Waals surface area (Å²) in [6.45, 7) is 1.96. The predicted octanol–water partition coefficient (Wildman–Crippen LogP) is 4.03. The molecule has 0 aliphatic heterocycles. The molecule has 7 nitrogen and oxygen atoms in total. The number of fused-ring (bicyclic) bond motifs is 3. The molecule has 2 aromatic carbocycles. The smallest absolute Gasteiger partial charge is 0.238 e. The number of carbonyl (C=O) groups excluding carboxylic acids is 1. The van der Waals surface area contributed by atoms with Gasteiger partial charge in [-0.25, -0.2) is 4.98 Å². The molecule has 1 N–H and O–H groups in total. The molecule has 4 rings (SSSR count). The molecule has 0 aliphatic carbocycles. The van der Waals surface area contributed by atoms with Crippen LogP contribution in [-0.4, -0.2) is 38.0 Å². The third-order valence-corrected chi connectivity index (χ3v) is 5.98. The number of aryl methyl sites for hydroxylation is 1. The van der Waals surface area contributed by atoms with Gasteiger partial charge < -0.3 is 14.6 Å². The monoisotopic (exact) mass is 407 g/mol. The van der Waals surface area contributed by atoms with Gasteiger partial charge in [-0.2, -0.15) is 0 Å². The molecule has 0 spiro atoms. The van der Waals surface area contributed by atoms with Crippen molar-refractivity contribution in [2.75, 3.05) is 12.4 Å². The molecule has 29 heavy (non-hydrogen) atoms. The summed E-state index contributed by atoms with van der Waals surface area (Å²) in [5.74, 6) is 0.498. The van der Waals surface area contributed by atoms with Gasteiger partial charge in [0.25, 0.3) is 0 Å². The number of rotatable bonds is 6. The average Bonchev–Trinajstić information content (AvgIpc) is 3.04. The van der Waals surface area contributed by atoms with Gasteiger partial charge in [0.15, 0.2) is 5.65 Å². The quantitative estimate of drug-likeness (QED) is 0.486. The third kappa shape index (κ3) is 3.63. The van der Waals surface area contributed by atoms with E-state index >= 15 is 0 Å². The van der Waals surface area contributed by atoms with Gasteiger partial charge in [-0.3, -0.25) is 4.79 Å². The van der Waals surface area contributed by atoms with Crippen molar-refractivity contribution in [3.05, 3.63) is 48.5 Å². The van der Waals surface area contributed by atoms with Gasteiger partial charge in [-0.05, 0) is 24.6 Å². The average molecular weight is 407 g/mol. The van der Waals surface area contributed by atoms with Crippen LogP contribution in [0.2, 0.25) is 0 Å². The number of anilines is 1. The normalized spacial score (nSPS) is 12.2. The Labute approximate surface area is 172 Å². The first-order valence-corrected chi connectivity index (χ1v) is 10.2. The number of carbonyl (C=O) groups is 1. The van der Waals surface area contributed by atoms with Crippen molar-refractivity contribution in [3.63, 3.8) is 0 Å². The summed E-state index contributed by atoms with van der Waals surface area (Å²) in [5.41, 5.74) is 3.21. The lowest BCUT2D eigenvalue weighted by Crippen LogP contribution is -2.25. The van der Waals surface area contributed by atoms with E-state index in [2.05, 4.69) is 20.5 Å². The van der Waals surface area contributed by atoms with E-state index in [1.165, 1.54) is 11.8 Å². The number of nitrogens with one attached hydrogen (secondary N) is 1. The maximum atomic E-state index is 12.8. The highest BCUT2D eigenvalue weighted by Crippen LogP contribution is 2.29. The number of ether oxygens (including phenoxy) is 1. The number of hydrogen-bond donors (Lipinski definition) is 1. The molecule has 0 fully saturated rings. The SMILES string of the molecule is CC[C@@H](Sc1nnc2c3ccccc3n(C)c2n1)C(=O)Nc1ccccc1OC. The van der Waals surface area contributed by atoms with Crippen LogP contribution in [0.1, 0.15) is 13.3 Å². The lowest BCUT2D eigenvalue weighted by atomic mass is 10.2. The number of amides is 1. The molecule has 2 heterocycles. The molecule has 0 saturated heterocycles. The molecule has 0 unspecified atom stereocenters. The molecule has 0 bridgehead atoms. The van der Waals surface area contributed by atoms with E-state index < -0.39 is 0 Å². The molecule has 1 amide bonds. The summed E-state index contributed by atoms with van der Waals surface area (Å²) in [5, 5.41) is 12.7. The third-order valence-electron chi connectivity index (χ3n) is 4.76. The Morgan fingerprint density at radius 3 is 2.72 bits per heavy atom. The highest BCUT2D eigenvalue weighted by molar-refractivity contribution is 8.00. The highest BCUT2D eigenvalue weighted by atomic mass is 32.2. The van der Waals surface area contributed by atoms with Gasteiger partial charge in [0.2, 0.25) is 11.1 Å². The van der Waals surface area contributed by atoms with Gasteiger partial charge >= 0.3 is 0 Å². The van der Waals surface area contributed by atoms with Gasteiger partial charge in [0, 0.05) is 12.4 Å². The Kier molecular flexibility index (Phi) is 5.35. The minimum absolute atomic E-state index is 0.122. The molecule has 148 valence electrons. The largest absolute Gasteiger partial charge is 0.495 e. The molecular formula is C21H21N5O2S. The van der Waals surface area contributed by atoms with E-state index in [1.54, 1.807) is 7.11 Å². The first-order chi connectivity index (χ1) is 14.1. The van der Waals surface area contributed by atoms with E-state index in [9.17, 15) is 4.79 Å². The minimum Gasteiger partial charge on any atom is -0.495 e. The van der Waals surface area contributed by atoms with Crippen LogP contribution in [0, 0.1) is 0 Å². The Balaban J connectivity index is 1.59. The zero-order chi connectivity index (χ0) is 20.4. The fourth-order valence-electron chi connectivity index (χ4n) is 3.25. The molecule has 4 aromatic rings. The zero-order valence-electron chi connectivity index (χ0n) is 16.4. The molecule has 8 heteroatoms. The predicted molar refractivity (Wildman–Crippen MR) is 115 cm³/mol. The first-order valence-electron chi connectivity index (χ1n) is 9.30. The Bertz CT molecular complexity index is 1190. The van der Waals surface area contributed by atoms with E-state index in [0.717, 1.165) is 22.1 Å². The summed E-state index contributed by atoms with van der Waals surface area (Å²) < 4.78 is 7.31. The second kappa shape index (κ2) is 8.08. The minimum atomic E-state index is -0.353. The van der Waals surface area contributed by atoms with Gasteiger partial charge in [-0.15, -0.1) is 10.2 Å². The van der Waals surface area contributed by atoms with Crippen molar-refractivity contribution in [3.8, 4) is 5.75 Å². The second-order valence-electron chi connectivity index (χ2n) is 6.55. The lowest BCUT2D eigenvalue weighted by molar-refractivity contribution is -0.115. The van der Waals surface area contributed by atoms with E-state index in [0.29, 0.717) is 23.0 Å². The Morgan fingerprint density at radius 2 is 1.93 bits per heavy atom. The first kappa shape index (κ1) is 19.2. The van der Waals surface area contributed by atoms with Gasteiger partial charge in [0.05, 0.1) is 23.6 Å². The van der Waals surface area contributed by atoms with Crippen molar-refractivity contribution >= 4 is 45.4 Å². The van der Waals surface area contributed by atoms with Gasteiger partial charge in [-0.1, -0.05) is 49.0 Å².